The van der Waals surface area contributed by atoms with Crippen LogP contribution in [0.3, 0.4) is 0 Å². The van der Waals surface area contributed by atoms with Gasteiger partial charge in [-0.25, -0.2) is 9.91 Å². The number of fused-ring (bicyclic) bond motifs is 2. The van der Waals surface area contributed by atoms with Crippen LogP contribution in [-0.4, -0.2) is 52.1 Å². The maximum absolute atomic E-state index is 14.1. The minimum atomic E-state index is -0.975. The van der Waals surface area contributed by atoms with Crippen LogP contribution in [0.5, 0.6) is 0 Å². The van der Waals surface area contributed by atoms with Crippen LogP contribution in [0, 0.1) is 19.8 Å². The zero-order valence-corrected chi connectivity index (χ0v) is 24.1. The lowest BCUT2D eigenvalue weighted by Gasteiger charge is -2.30. The number of hydrogen-bond donors (Lipinski definition) is 0. The predicted molar refractivity (Wildman–Crippen MR) is 163 cm³/mol. The Bertz CT molecular complexity index is 1680. The molecule has 2 fully saturated rings. The third-order valence-corrected chi connectivity index (χ3v) is 8.86. The molecule has 1 aliphatic carbocycles. The number of allylic oxidation sites excluding steroid dienone is 1. The van der Waals surface area contributed by atoms with Crippen molar-refractivity contribution in [2.24, 2.45) is 21.4 Å². The van der Waals surface area contributed by atoms with E-state index >= 15 is 0 Å². The van der Waals surface area contributed by atoms with E-state index in [1.807, 2.05) is 80.6 Å². The molecule has 3 aromatic carbocycles. The number of aryl methyl sites for hydroxylation is 2. The van der Waals surface area contributed by atoms with Crippen molar-refractivity contribution < 1.29 is 14.4 Å². The molecule has 4 atom stereocenters. The first-order chi connectivity index (χ1) is 20.9. The quantitative estimate of drug-likeness (QED) is 0.381. The van der Waals surface area contributed by atoms with Gasteiger partial charge < -0.3 is 0 Å². The van der Waals surface area contributed by atoms with Gasteiger partial charge in [-0.15, -0.1) is 0 Å². The van der Waals surface area contributed by atoms with E-state index in [0.717, 1.165) is 52.8 Å². The lowest BCUT2D eigenvalue weighted by Crippen LogP contribution is -2.45. The third-order valence-electron chi connectivity index (χ3n) is 8.86. The van der Waals surface area contributed by atoms with Gasteiger partial charge in [0.25, 0.3) is 17.7 Å². The van der Waals surface area contributed by atoms with Crippen molar-refractivity contribution >= 4 is 35.2 Å². The summed E-state index contributed by atoms with van der Waals surface area (Å²) in [5.41, 5.74) is 6.40. The summed E-state index contributed by atoms with van der Waals surface area (Å²) in [5.74, 6) is -1.08. The minimum Gasteiger partial charge on any atom is -0.271 e. The van der Waals surface area contributed by atoms with Crippen molar-refractivity contribution in [2.45, 2.75) is 51.2 Å². The Hall–Kier alpha value is -4.92. The van der Waals surface area contributed by atoms with Gasteiger partial charge in [0.15, 0.2) is 12.1 Å². The van der Waals surface area contributed by atoms with Crippen LogP contribution in [0.1, 0.15) is 47.6 Å². The topological polar surface area (TPSA) is 98.0 Å². The molecule has 9 heteroatoms. The fraction of sp³-hybridized carbons (Fsp3) is 0.294. The fourth-order valence-corrected chi connectivity index (χ4v) is 6.88. The first-order valence-electron chi connectivity index (χ1n) is 14.8. The summed E-state index contributed by atoms with van der Waals surface area (Å²) < 4.78 is 0. The molecule has 4 aliphatic rings. The fourth-order valence-electron chi connectivity index (χ4n) is 6.88. The van der Waals surface area contributed by atoms with E-state index in [1.54, 1.807) is 5.01 Å². The molecule has 7 rings (SSSR count). The lowest BCUT2D eigenvalue weighted by molar-refractivity contribution is -0.136. The van der Waals surface area contributed by atoms with Crippen LogP contribution in [0.25, 0.3) is 6.08 Å². The van der Waals surface area contributed by atoms with Gasteiger partial charge in [0, 0.05) is 5.92 Å². The second-order valence-corrected chi connectivity index (χ2v) is 11.6. The summed E-state index contributed by atoms with van der Waals surface area (Å²) in [5, 5.41) is 16.2. The lowest BCUT2D eigenvalue weighted by atomic mass is 9.77. The molecule has 3 heterocycles. The van der Waals surface area contributed by atoms with Gasteiger partial charge >= 0.3 is 0 Å². The summed E-state index contributed by atoms with van der Waals surface area (Å²) in [6.45, 7) is 3.53. The average Bonchev–Trinajstić information content (AvgIpc) is 3.68. The van der Waals surface area contributed by atoms with E-state index in [9.17, 15) is 14.4 Å². The molecule has 1 saturated carbocycles. The smallest absolute Gasteiger partial charge is 0.264 e. The van der Waals surface area contributed by atoms with Crippen molar-refractivity contribution in [3.05, 3.63) is 107 Å². The first kappa shape index (κ1) is 26.9. The van der Waals surface area contributed by atoms with Crippen molar-refractivity contribution in [2.75, 3.05) is 11.4 Å². The van der Waals surface area contributed by atoms with E-state index in [2.05, 4.69) is 28.5 Å². The number of para-hydroxylation sites is 1. The van der Waals surface area contributed by atoms with E-state index in [1.165, 1.54) is 9.91 Å². The molecule has 0 spiro atoms. The Balaban J connectivity index is 1.19. The highest BCUT2D eigenvalue weighted by Crippen LogP contribution is 2.45. The molecule has 9 nitrogen and oxygen atoms in total. The largest absolute Gasteiger partial charge is 0.271 e. The standard InChI is InChI=1S/C34H32N6O3/c1-21-11-9-12-22(2)30(21)39-33(42)29-32(34(39)43)38(37-35-29)20-27(41)40-31(24-15-7-4-8-16-24)26-18-10-17-25(28(26)36-40)19-23-13-5-3-6-14-23/h3-9,11-16,19,26,29,31-32H,10,17-18,20H2,1-2H3/b25-19+/t26-,29+,31-,32-/m1/s1. The van der Waals surface area contributed by atoms with E-state index in [-0.39, 0.29) is 24.4 Å². The second-order valence-electron chi connectivity index (χ2n) is 11.6. The van der Waals surface area contributed by atoms with Crippen LogP contribution >= 0.6 is 0 Å². The van der Waals surface area contributed by atoms with E-state index < -0.39 is 23.9 Å². The molecular weight excluding hydrogens is 540 g/mol. The Morgan fingerprint density at radius 1 is 0.884 bits per heavy atom. The van der Waals surface area contributed by atoms with Gasteiger partial charge in [-0.05, 0) is 67.0 Å². The molecule has 3 amide bonds. The summed E-state index contributed by atoms with van der Waals surface area (Å²) in [6.07, 6.45) is 4.98. The Kier molecular flexibility index (Phi) is 6.72. The zero-order valence-electron chi connectivity index (χ0n) is 24.1. The molecular formula is C34H32N6O3. The third kappa shape index (κ3) is 4.56. The summed E-state index contributed by atoms with van der Waals surface area (Å²) >= 11 is 0. The molecule has 0 radical (unpaired) electrons. The van der Waals surface area contributed by atoms with Crippen LogP contribution < -0.4 is 4.90 Å². The summed E-state index contributed by atoms with van der Waals surface area (Å²) in [7, 11) is 0. The number of imide groups is 1. The van der Waals surface area contributed by atoms with E-state index in [0.29, 0.717) is 5.69 Å². The Morgan fingerprint density at radius 3 is 2.30 bits per heavy atom. The number of nitrogens with zero attached hydrogens (tertiary/aromatic N) is 6. The number of amides is 3. The second kappa shape index (κ2) is 10.7. The van der Waals surface area contributed by atoms with Crippen molar-refractivity contribution in [1.29, 1.82) is 0 Å². The molecule has 0 unspecified atom stereocenters. The number of carbonyl (C=O) groups excluding carboxylic acids is 3. The number of hydrogen-bond acceptors (Lipinski definition) is 7. The summed E-state index contributed by atoms with van der Waals surface area (Å²) in [6, 6.07) is 23.6. The summed E-state index contributed by atoms with van der Waals surface area (Å²) in [4.78, 5) is 42.4. The van der Waals surface area contributed by atoms with Crippen LogP contribution in [0.2, 0.25) is 0 Å². The van der Waals surface area contributed by atoms with Gasteiger partial charge in [0.05, 0.1) is 17.4 Å². The number of anilines is 1. The van der Waals surface area contributed by atoms with Gasteiger partial charge in [-0.2, -0.15) is 10.2 Å². The number of hydrazone groups is 1. The molecule has 3 aliphatic heterocycles. The van der Waals surface area contributed by atoms with Gasteiger partial charge in [-0.3, -0.25) is 19.4 Å². The van der Waals surface area contributed by atoms with Crippen LogP contribution in [0.15, 0.2) is 99.9 Å². The van der Waals surface area contributed by atoms with Gasteiger partial charge in [0.1, 0.15) is 6.54 Å². The maximum Gasteiger partial charge on any atom is 0.264 e. The number of benzene rings is 3. The molecule has 43 heavy (non-hydrogen) atoms. The van der Waals surface area contributed by atoms with Crippen molar-refractivity contribution in [3.8, 4) is 0 Å². The normalized spacial score (nSPS) is 25.4. The number of carbonyl (C=O) groups is 3. The molecule has 1 saturated heterocycles. The zero-order chi connectivity index (χ0) is 29.7. The van der Waals surface area contributed by atoms with Crippen LogP contribution in [0.4, 0.5) is 5.69 Å². The highest BCUT2D eigenvalue weighted by molar-refractivity contribution is 6.26. The molecule has 0 aromatic heterocycles. The van der Waals surface area contributed by atoms with Crippen molar-refractivity contribution in [3.63, 3.8) is 0 Å². The van der Waals surface area contributed by atoms with Gasteiger partial charge in [0.2, 0.25) is 0 Å². The predicted octanol–water partition coefficient (Wildman–Crippen LogP) is 5.42. The highest BCUT2D eigenvalue weighted by atomic mass is 16.2. The SMILES string of the molecule is Cc1cccc(C)c1N1C(=O)[C@H]2N=NN(CC(=O)N3N=C4/C(=C/c5ccccc5)CCC[C@H]4[C@H]3c3ccccc3)[C@H]2C1=O. The molecule has 216 valence electrons. The number of rotatable bonds is 5. The van der Waals surface area contributed by atoms with E-state index in [4.69, 9.17) is 5.10 Å². The van der Waals surface area contributed by atoms with Crippen LogP contribution in [-0.2, 0) is 14.4 Å². The van der Waals surface area contributed by atoms with Gasteiger partial charge in [-0.1, -0.05) is 84.1 Å². The molecule has 3 aromatic rings. The Morgan fingerprint density at radius 2 is 1.58 bits per heavy atom. The maximum atomic E-state index is 14.1. The highest BCUT2D eigenvalue weighted by Gasteiger charge is 2.56. The minimum absolute atomic E-state index is 0.0530. The monoisotopic (exact) mass is 572 g/mol. The first-order valence-corrected chi connectivity index (χ1v) is 14.8. The average molecular weight is 573 g/mol. The molecule has 0 N–H and O–H groups in total. The van der Waals surface area contributed by atoms with Crippen molar-refractivity contribution in [1.82, 2.24) is 10.0 Å². The Labute approximate surface area is 250 Å². The molecule has 0 bridgehead atoms.